The van der Waals surface area contributed by atoms with E-state index in [1.165, 1.54) is 17.5 Å². The van der Waals surface area contributed by atoms with Gasteiger partial charge in [0.25, 0.3) is 0 Å². The van der Waals surface area contributed by atoms with E-state index in [-0.39, 0.29) is 24.2 Å². The molecule has 1 saturated carbocycles. The van der Waals surface area contributed by atoms with Gasteiger partial charge < -0.3 is 9.80 Å². The molecular formula is C20H23N3O2. The summed E-state index contributed by atoms with van der Waals surface area (Å²) in [6, 6.07) is 8.54. The Hall–Kier alpha value is -2.35. The Balaban J connectivity index is 1.50. The third kappa shape index (κ3) is 2.52. The number of benzene rings is 1. The topological polar surface area (TPSA) is 64.4 Å². The molecule has 3 aliphatic rings. The minimum absolute atomic E-state index is 0.00399. The first-order valence-corrected chi connectivity index (χ1v) is 9.15. The van der Waals surface area contributed by atoms with E-state index in [1.807, 2.05) is 6.07 Å². The van der Waals surface area contributed by atoms with Crippen molar-refractivity contribution in [1.29, 1.82) is 5.26 Å². The molecule has 1 aromatic rings. The number of fused-ring (bicyclic) bond motifs is 1. The maximum Gasteiger partial charge on any atom is 0.229 e. The van der Waals surface area contributed by atoms with Crippen molar-refractivity contribution in [3.63, 3.8) is 0 Å². The molecule has 2 aliphatic carbocycles. The number of hydrogen-bond acceptors (Lipinski definition) is 3. The van der Waals surface area contributed by atoms with E-state index in [0.717, 1.165) is 37.8 Å². The second-order valence-electron chi connectivity index (χ2n) is 7.61. The van der Waals surface area contributed by atoms with Gasteiger partial charge in [-0.25, -0.2) is 0 Å². The molecule has 5 nitrogen and oxygen atoms in total. The molecule has 1 aromatic carbocycles. The lowest BCUT2D eigenvalue weighted by atomic mass is 9.76. The molecule has 2 amide bonds. The van der Waals surface area contributed by atoms with Gasteiger partial charge in [-0.1, -0.05) is 6.07 Å². The molecule has 0 radical (unpaired) electrons. The standard InChI is InChI=1S/C20H23N3O2/c1-22(20(13-21)8-3-9-20)19(25)16-11-18(24)23(12-16)17-7-6-14-4-2-5-15(14)10-17/h6-7,10,16H,2-5,8-9,11-12H2,1H3. The quantitative estimate of drug-likeness (QED) is 0.851. The van der Waals surface area contributed by atoms with E-state index >= 15 is 0 Å². The molecule has 0 aromatic heterocycles. The summed E-state index contributed by atoms with van der Waals surface area (Å²) in [7, 11) is 1.72. The summed E-state index contributed by atoms with van der Waals surface area (Å²) in [6.07, 6.45) is 6.06. The number of rotatable bonds is 3. The molecule has 1 saturated heterocycles. The second kappa shape index (κ2) is 5.87. The van der Waals surface area contributed by atoms with Crippen LogP contribution in [-0.4, -0.2) is 35.8 Å². The first-order valence-electron chi connectivity index (χ1n) is 9.15. The Morgan fingerprint density at radius 3 is 2.72 bits per heavy atom. The van der Waals surface area contributed by atoms with Crippen LogP contribution in [0.3, 0.4) is 0 Å². The maximum atomic E-state index is 12.8. The molecule has 1 unspecified atom stereocenters. The monoisotopic (exact) mass is 337 g/mol. The first kappa shape index (κ1) is 16.1. The summed E-state index contributed by atoms with van der Waals surface area (Å²) in [5, 5.41) is 9.45. The number of nitriles is 1. The molecule has 0 bridgehead atoms. The second-order valence-corrected chi connectivity index (χ2v) is 7.61. The van der Waals surface area contributed by atoms with Crippen LogP contribution in [0.1, 0.15) is 43.2 Å². The van der Waals surface area contributed by atoms with Crippen LogP contribution in [0, 0.1) is 17.2 Å². The number of amides is 2. The van der Waals surface area contributed by atoms with Gasteiger partial charge in [-0.05, 0) is 61.8 Å². The highest BCUT2D eigenvalue weighted by atomic mass is 16.2. The van der Waals surface area contributed by atoms with Crippen molar-refractivity contribution < 1.29 is 9.59 Å². The molecule has 5 heteroatoms. The average Bonchev–Trinajstić information content (AvgIpc) is 3.19. The normalized spacial score (nSPS) is 23.8. The lowest BCUT2D eigenvalue weighted by Gasteiger charge is -2.43. The molecule has 1 heterocycles. The molecule has 0 spiro atoms. The fourth-order valence-corrected chi connectivity index (χ4v) is 4.37. The van der Waals surface area contributed by atoms with Crippen LogP contribution >= 0.6 is 0 Å². The highest BCUT2D eigenvalue weighted by molar-refractivity contribution is 6.00. The lowest BCUT2D eigenvalue weighted by molar-refractivity contribution is -0.140. The SMILES string of the molecule is CN(C(=O)C1CC(=O)N(c2ccc3c(c2)CCC3)C1)C1(C#N)CCC1. The minimum Gasteiger partial charge on any atom is -0.327 e. The van der Waals surface area contributed by atoms with Crippen LogP contribution in [0.4, 0.5) is 5.69 Å². The minimum atomic E-state index is -0.652. The first-order chi connectivity index (χ1) is 12.0. The molecule has 25 heavy (non-hydrogen) atoms. The molecule has 1 atom stereocenters. The average molecular weight is 337 g/mol. The Labute approximate surface area is 148 Å². The van der Waals surface area contributed by atoms with Crippen molar-refractivity contribution in [3.05, 3.63) is 29.3 Å². The number of carbonyl (C=O) groups is 2. The highest BCUT2D eigenvalue weighted by Gasteiger charge is 2.47. The fraction of sp³-hybridized carbons (Fsp3) is 0.550. The molecular weight excluding hydrogens is 314 g/mol. The van der Waals surface area contributed by atoms with Crippen LogP contribution in [0.5, 0.6) is 0 Å². The van der Waals surface area contributed by atoms with Gasteiger partial charge in [0, 0.05) is 25.7 Å². The number of aryl methyl sites for hydroxylation is 2. The van der Waals surface area contributed by atoms with Crippen molar-refractivity contribution in [2.75, 3.05) is 18.5 Å². The van der Waals surface area contributed by atoms with E-state index in [1.54, 1.807) is 16.8 Å². The number of nitrogens with zero attached hydrogens (tertiary/aromatic N) is 3. The molecule has 2 fully saturated rings. The fourth-order valence-electron chi connectivity index (χ4n) is 4.37. The van der Waals surface area contributed by atoms with Crippen LogP contribution in [0.2, 0.25) is 0 Å². The molecule has 130 valence electrons. The zero-order valence-electron chi connectivity index (χ0n) is 14.6. The van der Waals surface area contributed by atoms with Gasteiger partial charge in [-0.2, -0.15) is 5.26 Å². The Kier molecular flexibility index (Phi) is 3.79. The van der Waals surface area contributed by atoms with Gasteiger partial charge in [0.2, 0.25) is 11.8 Å². The van der Waals surface area contributed by atoms with Crippen molar-refractivity contribution in [1.82, 2.24) is 4.90 Å². The third-order valence-corrected chi connectivity index (χ3v) is 6.23. The van der Waals surface area contributed by atoms with Crippen LogP contribution in [0.15, 0.2) is 18.2 Å². The molecule has 1 aliphatic heterocycles. The van der Waals surface area contributed by atoms with Gasteiger partial charge in [0.05, 0.1) is 12.0 Å². The summed E-state index contributed by atoms with van der Waals surface area (Å²) in [6.45, 7) is 0.419. The van der Waals surface area contributed by atoms with Gasteiger partial charge in [0.1, 0.15) is 5.54 Å². The van der Waals surface area contributed by atoms with Gasteiger partial charge >= 0.3 is 0 Å². The maximum absolute atomic E-state index is 12.8. The number of anilines is 1. The van der Waals surface area contributed by atoms with E-state index < -0.39 is 5.54 Å². The Bertz CT molecular complexity index is 776. The van der Waals surface area contributed by atoms with E-state index in [0.29, 0.717) is 6.54 Å². The molecule has 4 rings (SSSR count). The van der Waals surface area contributed by atoms with E-state index in [2.05, 4.69) is 18.2 Å². The van der Waals surface area contributed by atoms with Gasteiger partial charge in [0.15, 0.2) is 0 Å². The molecule has 0 N–H and O–H groups in total. The largest absolute Gasteiger partial charge is 0.327 e. The van der Waals surface area contributed by atoms with Crippen molar-refractivity contribution in [3.8, 4) is 6.07 Å². The van der Waals surface area contributed by atoms with Gasteiger partial charge in [-0.15, -0.1) is 0 Å². The highest BCUT2D eigenvalue weighted by Crippen LogP contribution is 2.38. The van der Waals surface area contributed by atoms with Crippen molar-refractivity contribution in [2.24, 2.45) is 5.92 Å². The summed E-state index contributed by atoms with van der Waals surface area (Å²) < 4.78 is 0. The van der Waals surface area contributed by atoms with Crippen molar-refractivity contribution in [2.45, 2.75) is 50.5 Å². The summed E-state index contributed by atoms with van der Waals surface area (Å²) in [5.41, 5.74) is 2.96. The summed E-state index contributed by atoms with van der Waals surface area (Å²) in [4.78, 5) is 28.7. The van der Waals surface area contributed by atoms with Crippen LogP contribution in [-0.2, 0) is 22.4 Å². The third-order valence-electron chi connectivity index (χ3n) is 6.23. The van der Waals surface area contributed by atoms with Crippen molar-refractivity contribution >= 4 is 17.5 Å². The predicted molar refractivity (Wildman–Crippen MR) is 93.9 cm³/mol. The number of hydrogen-bond donors (Lipinski definition) is 0. The Morgan fingerprint density at radius 1 is 1.28 bits per heavy atom. The van der Waals surface area contributed by atoms with Crippen LogP contribution < -0.4 is 4.90 Å². The van der Waals surface area contributed by atoms with E-state index in [9.17, 15) is 14.9 Å². The number of carbonyl (C=O) groups excluding carboxylic acids is 2. The van der Waals surface area contributed by atoms with E-state index in [4.69, 9.17) is 0 Å². The zero-order chi connectivity index (χ0) is 17.6. The summed E-state index contributed by atoms with van der Waals surface area (Å²) in [5.74, 6) is -0.417. The summed E-state index contributed by atoms with van der Waals surface area (Å²) >= 11 is 0. The Morgan fingerprint density at radius 2 is 2.04 bits per heavy atom. The predicted octanol–water partition coefficient (Wildman–Crippen LogP) is 2.43. The van der Waals surface area contributed by atoms with Crippen LogP contribution in [0.25, 0.3) is 0 Å². The lowest BCUT2D eigenvalue weighted by Crippen LogP contribution is -2.55. The smallest absolute Gasteiger partial charge is 0.229 e. The van der Waals surface area contributed by atoms with Gasteiger partial charge in [-0.3, -0.25) is 9.59 Å². The zero-order valence-corrected chi connectivity index (χ0v) is 14.6.